The molecule has 0 unspecified atom stereocenters. The lowest BCUT2D eigenvalue weighted by Crippen LogP contribution is -2.27. The highest BCUT2D eigenvalue weighted by molar-refractivity contribution is 7.99. The third-order valence-electron chi connectivity index (χ3n) is 5.16. The van der Waals surface area contributed by atoms with Crippen molar-refractivity contribution in [1.29, 1.82) is 0 Å². The molecule has 1 atom stereocenters. The monoisotopic (exact) mass is 440 g/mol. The molecule has 1 amide bonds. The molecule has 0 radical (unpaired) electrons. The van der Waals surface area contributed by atoms with Crippen LogP contribution in [0.1, 0.15) is 45.7 Å². The van der Waals surface area contributed by atoms with Gasteiger partial charge in [0.25, 0.3) is 17.0 Å². The van der Waals surface area contributed by atoms with Crippen LogP contribution in [0.4, 0.5) is 0 Å². The molecular weight excluding hydrogens is 420 g/mol. The highest BCUT2D eigenvalue weighted by atomic mass is 32.2. The molecule has 1 fully saturated rings. The van der Waals surface area contributed by atoms with Crippen molar-refractivity contribution < 1.29 is 23.5 Å². The average Bonchev–Trinajstić information content (AvgIpc) is 3.58. The van der Waals surface area contributed by atoms with E-state index in [-0.39, 0.29) is 29.3 Å². The van der Waals surface area contributed by atoms with Gasteiger partial charge in [0.2, 0.25) is 6.10 Å². The van der Waals surface area contributed by atoms with Gasteiger partial charge in [0.1, 0.15) is 12.3 Å². The van der Waals surface area contributed by atoms with Crippen LogP contribution < -0.4 is 9.47 Å². The molecule has 10 heteroatoms. The van der Waals surface area contributed by atoms with Crippen LogP contribution in [0.25, 0.3) is 0 Å². The molecule has 1 saturated heterocycles. The zero-order valence-corrected chi connectivity index (χ0v) is 17.4. The number of ether oxygens (including phenoxy) is 2. The number of rotatable bonds is 6. The predicted octanol–water partition coefficient (Wildman–Crippen LogP) is 3.12. The lowest BCUT2D eigenvalue weighted by Gasteiger charge is -2.23. The smallest absolute Gasteiger partial charge is 0.277 e. The molecule has 4 heterocycles. The summed E-state index contributed by atoms with van der Waals surface area (Å²) in [5.74, 6) is 1.50. The van der Waals surface area contributed by atoms with Crippen LogP contribution in [0.5, 0.6) is 11.5 Å². The summed E-state index contributed by atoms with van der Waals surface area (Å²) in [5, 5.41) is 8.29. The first-order valence-corrected chi connectivity index (χ1v) is 11.0. The third-order valence-corrected chi connectivity index (χ3v) is 5.98. The Labute approximate surface area is 182 Å². The van der Waals surface area contributed by atoms with Crippen LogP contribution in [0.3, 0.4) is 0 Å². The van der Waals surface area contributed by atoms with Gasteiger partial charge in [-0.2, -0.15) is 0 Å². The van der Waals surface area contributed by atoms with Gasteiger partial charge in [-0.15, -0.1) is 10.2 Å². The van der Waals surface area contributed by atoms with Crippen molar-refractivity contribution >= 4 is 23.5 Å². The van der Waals surface area contributed by atoms with E-state index in [0.717, 1.165) is 37.7 Å². The fourth-order valence-electron chi connectivity index (χ4n) is 3.53. The van der Waals surface area contributed by atoms with Crippen molar-refractivity contribution in [3.8, 4) is 11.5 Å². The second kappa shape index (κ2) is 8.46. The van der Waals surface area contributed by atoms with Gasteiger partial charge in [-0.1, -0.05) is 23.9 Å². The maximum absolute atomic E-state index is 12.5. The number of hydrogen-bond acceptors (Lipinski definition) is 8. The summed E-state index contributed by atoms with van der Waals surface area (Å²) in [6.07, 6.45) is 3.10. The first-order valence-electron chi connectivity index (χ1n) is 10.0. The molecule has 2 aromatic heterocycles. The molecule has 2 aliphatic rings. The van der Waals surface area contributed by atoms with E-state index in [2.05, 4.69) is 15.2 Å². The Bertz CT molecular complexity index is 1100. The number of aromatic nitrogens is 3. The number of para-hydroxylation sites is 2. The Morgan fingerprint density at radius 3 is 2.81 bits per heavy atom. The third kappa shape index (κ3) is 4.15. The molecule has 1 aromatic carbocycles. The molecule has 160 valence electrons. The number of nitrogens with zero attached hydrogens (tertiary/aromatic N) is 3. The van der Waals surface area contributed by atoms with E-state index in [0.29, 0.717) is 28.6 Å². The van der Waals surface area contributed by atoms with Gasteiger partial charge in [-0.25, -0.2) is 0 Å². The number of H-pyrrole nitrogens is 1. The average molecular weight is 440 g/mol. The fraction of sp³-hybridized carbons (Fsp3) is 0.333. The molecule has 31 heavy (non-hydrogen) atoms. The number of ketones is 1. The van der Waals surface area contributed by atoms with Crippen molar-refractivity contribution in [2.45, 2.75) is 24.2 Å². The van der Waals surface area contributed by atoms with E-state index in [4.69, 9.17) is 13.9 Å². The number of thioether (sulfide) groups is 1. The molecule has 5 rings (SSSR count). The minimum absolute atomic E-state index is 0.0676. The molecular formula is C21H20N4O5S. The van der Waals surface area contributed by atoms with E-state index in [9.17, 15) is 9.59 Å². The van der Waals surface area contributed by atoms with Gasteiger partial charge in [-0.3, -0.25) is 9.59 Å². The summed E-state index contributed by atoms with van der Waals surface area (Å²) >= 11 is 1.14. The zero-order valence-electron chi connectivity index (χ0n) is 16.6. The topological polar surface area (TPSA) is 111 Å². The maximum atomic E-state index is 12.5. The van der Waals surface area contributed by atoms with Gasteiger partial charge in [0.15, 0.2) is 17.3 Å². The number of nitrogens with one attached hydrogen (secondary N) is 1. The number of likely N-dealkylation sites (tertiary alicyclic amines) is 1. The second-order valence-corrected chi connectivity index (χ2v) is 8.21. The molecule has 9 nitrogen and oxygen atoms in total. The Morgan fingerprint density at radius 1 is 1.16 bits per heavy atom. The van der Waals surface area contributed by atoms with Crippen LogP contribution >= 0.6 is 11.8 Å². The van der Waals surface area contributed by atoms with Crippen LogP contribution in [-0.2, 0) is 0 Å². The van der Waals surface area contributed by atoms with Gasteiger partial charge in [-0.05, 0) is 31.0 Å². The number of carbonyl (C=O) groups excluding carboxylic acids is 2. The zero-order chi connectivity index (χ0) is 21.2. The lowest BCUT2D eigenvalue weighted by atomic mass is 10.2. The number of aromatic amines is 1. The summed E-state index contributed by atoms with van der Waals surface area (Å²) in [6, 6.07) is 8.98. The van der Waals surface area contributed by atoms with Gasteiger partial charge >= 0.3 is 0 Å². The summed E-state index contributed by atoms with van der Waals surface area (Å²) in [7, 11) is 0. The number of fused-ring (bicyclic) bond motifs is 1. The molecule has 1 N–H and O–H groups in total. The Morgan fingerprint density at radius 2 is 1.97 bits per heavy atom. The number of carbonyl (C=O) groups is 2. The van der Waals surface area contributed by atoms with E-state index in [1.807, 2.05) is 24.3 Å². The van der Waals surface area contributed by atoms with Crippen molar-refractivity contribution in [2.24, 2.45) is 0 Å². The standard InChI is InChI=1S/C21H20N4O5S/c26-15(13-9-14(22-10-13)20(27)25-7-3-4-8-25)12-31-21-24-23-19(30-21)18-11-28-16-5-1-2-6-17(16)29-18/h1-2,5-6,9-10,18,22H,3-4,7-8,11-12H2/t18-/m1/s1. The largest absolute Gasteiger partial charge is 0.485 e. The number of benzene rings is 1. The van der Waals surface area contributed by atoms with Crippen LogP contribution in [0, 0.1) is 0 Å². The van der Waals surface area contributed by atoms with Crippen molar-refractivity contribution in [1.82, 2.24) is 20.1 Å². The minimum atomic E-state index is -0.503. The summed E-state index contributed by atoms with van der Waals surface area (Å²) in [5.41, 5.74) is 0.889. The van der Waals surface area contributed by atoms with Gasteiger partial charge < -0.3 is 23.8 Å². The van der Waals surface area contributed by atoms with Gasteiger partial charge in [0.05, 0.1) is 5.75 Å². The number of amides is 1. The summed E-state index contributed by atoms with van der Waals surface area (Å²) < 4.78 is 17.2. The van der Waals surface area contributed by atoms with Crippen molar-refractivity contribution in [3.05, 3.63) is 53.7 Å². The number of hydrogen-bond donors (Lipinski definition) is 1. The molecule has 0 bridgehead atoms. The molecule has 0 spiro atoms. The van der Waals surface area contributed by atoms with E-state index >= 15 is 0 Å². The fourth-order valence-corrected chi connectivity index (χ4v) is 4.19. The Hall–Kier alpha value is -3.27. The van der Waals surface area contributed by atoms with Crippen LogP contribution in [-0.4, -0.2) is 57.2 Å². The molecule has 2 aliphatic heterocycles. The quantitative estimate of drug-likeness (QED) is 0.460. The normalized spacial score (nSPS) is 17.7. The first kappa shape index (κ1) is 19.7. The summed E-state index contributed by atoms with van der Waals surface area (Å²) in [4.78, 5) is 29.6. The van der Waals surface area contributed by atoms with E-state index in [1.165, 1.54) is 0 Å². The maximum Gasteiger partial charge on any atom is 0.277 e. The SMILES string of the molecule is O=C(CSc1nnc([C@H]2COc3ccccc3O2)o1)c1c[nH]c(C(=O)N2CCCC2)c1. The Kier molecular flexibility index (Phi) is 5.37. The number of Topliss-reactive ketones (excluding diaryl/α,β-unsaturated/α-hetero) is 1. The highest BCUT2D eigenvalue weighted by Crippen LogP contribution is 2.36. The van der Waals surface area contributed by atoms with E-state index < -0.39 is 6.10 Å². The Balaban J connectivity index is 1.17. The van der Waals surface area contributed by atoms with Crippen molar-refractivity contribution in [3.63, 3.8) is 0 Å². The van der Waals surface area contributed by atoms with Crippen molar-refractivity contribution in [2.75, 3.05) is 25.4 Å². The molecule has 0 aliphatic carbocycles. The predicted molar refractivity (Wildman–Crippen MR) is 111 cm³/mol. The van der Waals surface area contributed by atoms with Crippen LogP contribution in [0.2, 0.25) is 0 Å². The molecule has 0 saturated carbocycles. The summed E-state index contributed by atoms with van der Waals surface area (Å²) in [6.45, 7) is 1.79. The second-order valence-electron chi connectivity index (χ2n) is 7.28. The lowest BCUT2D eigenvalue weighted by molar-refractivity contribution is 0.0686. The van der Waals surface area contributed by atoms with Gasteiger partial charge in [0, 0.05) is 24.8 Å². The highest BCUT2D eigenvalue weighted by Gasteiger charge is 2.27. The van der Waals surface area contributed by atoms with Crippen LogP contribution in [0.15, 0.2) is 46.2 Å². The molecule has 3 aromatic rings. The van der Waals surface area contributed by atoms with E-state index in [1.54, 1.807) is 17.2 Å². The minimum Gasteiger partial charge on any atom is -0.485 e. The first-order chi connectivity index (χ1) is 15.2.